The number of aryl methyl sites for hydroxylation is 1. The van der Waals surface area contributed by atoms with Crippen molar-refractivity contribution in [3.05, 3.63) is 47.8 Å². The number of benzene rings is 2. The van der Waals surface area contributed by atoms with Gasteiger partial charge in [0.2, 0.25) is 0 Å². The van der Waals surface area contributed by atoms with Crippen molar-refractivity contribution >= 4 is 0 Å². The lowest BCUT2D eigenvalue weighted by Crippen LogP contribution is -1.93. The summed E-state index contributed by atoms with van der Waals surface area (Å²) in [6.45, 7) is 1.99. The molecule has 1 N–H and O–H groups in total. The molecular weight excluding hydrogens is 259 g/mol. The zero-order valence-corrected chi connectivity index (χ0v) is 11.5. The summed E-state index contributed by atoms with van der Waals surface area (Å²) in [6.07, 6.45) is 1.53. The molecule has 0 aliphatic rings. The standard InChI is InChI=1S/C16H17FO3/c1-3-4-11-9-16(14(17)10-15(11)18)20-13-7-5-12(19-2)6-8-13/h5-10,18H,3-4H2,1-2H3. The number of rotatable bonds is 5. The molecule has 0 radical (unpaired) electrons. The fraction of sp³-hybridized carbons (Fsp3) is 0.250. The van der Waals surface area contributed by atoms with Gasteiger partial charge in [0.05, 0.1) is 7.11 Å². The molecule has 0 amide bonds. The molecule has 0 atom stereocenters. The fourth-order valence-corrected chi connectivity index (χ4v) is 1.90. The van der Waals surface area contributed by atoms with Gasteiger partial charge in [-0.1, -0.05) is 13.3 Å². The SMILES string of the molecule is CCCc1cc(Oc2ccc(OC)cc2)c(F)cc1O. The number of aromatic hydroxyl groups is 1. The molecule has 0 fully saturated rings. The molecule has 0 aliphatic carbocycles. The first-order valence-electron chi connectivity index (χ1n) is 6.47. The highest BCUT2D eigenvalue weighted by Crippen LogP contribution is 2.31. The van der Waals surface area contributed by atoms with Crippen molar-refractivity contribution < 1.29 is 19.0 Å². The van der Waals surface area contributed by atoms with Crippen LogP contribution in [-0.4, -0.2) is 12.2 Å². The maximum absolute atomic E-state index is 13.8. The van der Waals surface area contributed by atoms with Crippen LogP contribution in [0.2, 0.25) is 0 Å². The van der Waals surface area contributed by atoms with Gasteiger partial charge in [-0.05, 0) is 42.3 Å². The summed E-state index contributed by atoms with van der Waals surface area (Å²) in [7, 11) is 1.58. The summed E-state index contributed by atoms with van der Waals surface area (Å²) in [6, 6.07) is 9.50. The van der Waals surface area contributed by atoms with Crippen LogP contribution in [0.3, 0.4) is 0 Å². The van der Waals surface area contributed by atoms with Crippen molar-refractivity contribution in [3.63, 3.8) is 0 Å². The van der Waals surface area contributed by atoms with Crippen molar-refractivity contribution in [1.29, 1.82) is 0 Å². The molecule has 0 aromatic heterocycles. The Morgan fingerprint density at radius 1 is 1.10 bits per heavy atom. The summed E-state index contributed by atoms with van der Waals surface area (Å²) < 4.78 is 24.3. The van der Waals surface area contributed by atoms with Gasteiger partial charge >= 0.3 is 0 Å². The van der Waals surface area contributed by atoms with Crippen LogP contribution in [0.1, 0.15) is 18.9 Å². The van der Waals surface area contributed by atoms with Crippen molar-refractivity contribution in [2.45, 2.75) is 19.8 Å². The lowest BCUT2D eigenvalue weighted by atomic mass is 10.1. The van der Waals surface area contributed by atoms with E-state index in [0.29, 0.717) is 23.5 Å². The van der Waals surface area contributed by atoms with Gasteiger partial charge in [0, 0.05) is 6.07 Å². The molecule has 2 aromatic rings. The lowest BCUT2D eigenvalue weighted by molar-refractivity contribution is 0.409. The normalized spacial score (nSPS) is 10.3. The Bertz CT molecular complexity index is 579. The second kappa shape index (κ2) is 6.28. The van der Waals surface area contributed by atoms with E-state index in [0.717, 1.165) is 12.5 Å². The summed E-state index contributed by atoms with van der Waals surface area (Å²) in [5.41, 5.74) is 0.678. The monoisotopic (exact) mass is 276 g/mol. The van der Waals surface area contributed by atoms with Crippen LogP contribution in [0.25, 0.3) is 0 Å². The quantitative estimate of drug-likeness (QED) is 0.885. The second-order valence-electron chi connectivity index (χ2n) is 4.44. The number of phenols is 1. The predicted octanol–water partition coefficient (Wildman–Crippen LogP) is 4.28. The van der Waals surface area contributed by atoms with Gasteiger partial charge in [0.15, 0.2) is 11.6 Å². The molecule has 0 heterocycles. The minimum absolute atomic E-state index is 0.0357. The van der Waals surface area contributed by atoms with E-state index in [1.54, 1.807) is 37.4 Å². The third kappa shape index (κ3) is 3.20. The minimum atomic E-state index is -0.585. The Morgan fingerprint density at radius 3 is 2.35 bits per heavy atom. The highest BCUT2D eigenvalue weighted by molar-refractivity contribution is 5.43. The Morgan fingerprint density at radius 2 is 1.75 bits per heavy atom. The summed E-state index contributed by atoms with van der Waals surface area (Å²) in [4.78, 5) is 0. The van der Waals surface area contributed by atoms with E-state index >= 15 is 0 Å². The maximum Gasteiger partial charge on any atom is 0.169 e. The van der Waals surface area contributed by atoms with Crippen LogP contribution in [0.4, 0.5) is 4.39 Å². The average molecular weight is 276 g/mol. The van der Waals surface area contributed by atoms with Crippen molar-refractivity contribution in [3.8, 4) is 23.0 Å². The Kier molecular flexibility index (Phi) is 4.45. The highest BCUT2D eigenvalue weighted by Gasteiger charge is 2.11. The number of hydrogen-bond acceptors (Lipinski definition) is 3. The molecule has 20 heavy (non-hydrogen) atoms. The van der Waals surface area contributed by atoms with Crippen LogP contribution in [0.15, 0.2) is 36.4 Å². The first-order chi connectivity index (χ1) is 9.63. The van der Waals surface area contributed by atoms with Crippen molar-refractivity contribution in [2.75, 3.05) is 7.11 Å². The Hall–Kier alpha value is -2.23. The van der Waals surface area contributed by atoms with Gasteiger partial charge in [-0.25, -0.2) is 4.39 Å². The zero-order valence-electron chi connectivity index (χ0n) is 11.5. The number of hydrogen-bond donors (Lipinski definition) is 1. The smallest absolute Gasteiger partial charge is 0.169 e. The van der Waals surface area contributed by atoms with E-state index in [2.05, 4.69) is 0 Å². The maximum atomic E-state index is 13.8. The molecule has 0 saturated heterocycles. The summed E-state index contributed by atoms with van der Waals surface area (Å²) >= 11 is 0. The molecule has 2 aromatic carbocycles. The zero-order chi connectivity index (χ0) is 14.5. The van der Waals surface area contributed by atoms with Gasteiger partial charge in [-0.2, -0.15) is 0 Å². The van der Waals surface area contributed by atoms with E-state index in [1.807, 2.05) is 6.92 Å². The number of halogens is 1. The highest BCUT2D eigenvalue weighted by atomic mass is 19.1. The third-order valence-electron chi connectivity index (χ3n) is 2.94. The molecule has 0 spiro atoms. The third-order valence-corrected chi connectivity index (χ3v) is 2.94. The van der Waals surface area contributed by atoms with Gasteiger partial charge in [-0.3, -0.25) is 0 Å². The molecule has 0 unspecified atom stereocenters. The Labute approximate surface area is 117 Å². The van der Waals surface area contributed by atoms with E-state index < -0.39 is 5.82 Å². The van der Waals surface area contributed by atoms with Crippen LogP contribution in [-0.2, 0) is 6.42 Å². The van der Waals surface area contributed by atoms with Gasteiger partial charge in [0.1, 0.15) is 17.2 Å². The first-order valence-corrected chi connectivity index (χ1v) is 6.47. The van der Waals surface area contributed by atoms with Crippen LogP contribution in [0, 0.1) is 5.82 Å². The van der Waals surface area contributed by atoms with Crippen LogP contribution in [0.5, 0.6) is 23.0 Å². The Balaban J connectivity index is 2.25. The molecular formula is C16H17FO3. The van der Waals surface area contributed by atoms with Crippen LogP contribution >= 0.6 is 0 Å². The van der Waals surface area contributed by atoms with Crippen LogP contribution < -0.4 is 9.47 Å². The summed E-state index contributed by atoms with van der Waals surface area (Å²) in [5.74, 6) is 0.703. The number of phenolic OH excluding ortho intramolecular Hbond substituents is 1. The number of methoxy groups -OCH3 is 1. The summed E-state index contributed by atoms with van der Waals surface area (Å²) in [5, 5.41) is 9.67. The lowest BCUT2D eigenvalue weighted by Gasteiger charge is -2.10. The van der Waals surface area contributed by atoms with Gasteiger partial charge in [-0.15, -0.1) is 0 Å². The average Bonchev–Trinajstić information content (AvgIpc) is 2.45. The van der Waals surface area contributed by atoms with Gasteiger partial charge < -0.3 is 14.6 Å². The molecule has 0 saturated carbocycles. The minimum Gasteiger partial charge on any atom is -0.508 e. The van der Waals surface area contributed by atoms with E-state index in [9.17, 15) is 9.50 Å². The second-order valence-corrected chi connectivity index (χ2v) is 4.44. The number of ether oxygens (including phenoxy) is 2. The molecule has 0 aliphatic heterocycles. The molecule has 3 nitrogen and oxygen atoms in total. The molecule has 4 heteroatoms. The largest absolute Gasteiger partial charge is 0.508 e. The molecule has 106 valence electrons. The predicted molar refractivity (Wildman–Crippen MR) is 75.1 cm³/mol. The fourth-order valence-electron chi connectivity index (χ4n) is 1.90. The van der Waals surface area contributed by atoms with Gasteiger partial charge in [0.25, 0.3) is 0 Å². The van der Waals surface area contributed by atoms with E-state index in [1.165, 1.54) is 0 Å². The van der Waals surface area contributed by atoms with Crippen molar-refractivity contribution in [2.24, 2.45) is 0 Å². The first kappa shape index (κ1) is 14.2. The van der Waals surface area contributed by atoms with E-state index in [4.69, 9.17) is 9.47 Å². The van der Waals surface area contributed by atoms with Crippen molar-refractivity contribution in [1.82, 2.24) is 0 Å². The van der Waals surface area contributed by atoms with E-state index in [-0.39, 0.29) is 11.5 Å². The molecule has 0 bridgehead atoms. The topological polar surface area (TPSA) is 38.7 Å². The molecule has 2 rings (SSSR count).